The Morgan fingerprint density at radius 2 is 2.09 bits per heavy atom. The van der Waals surface area contributed by atoms with Crippen molar-refractivity contribution in [2.24, 2.45) is 5.92 Å². The molecule has 2 rings (SSSR count). The predicted molar refractivity (Wildman–Crippen MR) is 88.8 cm³/mol. The number of aromatic nitrogens is 3. The highest BCUT2D eigenvalue weighted by atomic mass is 16.3. The molecular weight excluding hydrogens is 276 g/mol. The molecule has 22 heavy (non-hydrogen) atoms. The van der Waals surface area contributed by atoms with Gasteiger partial charge in [0, 0.05) is 38.9 Å². The van der Waals surface area contributed by atoms with E-state index in [9.17, 15) is 0 Å². The summed E-state index contributed by atoms with van der Waals surface area (Å²) >= 11 is 0. The van der Waals surface area contributed by atoms with Crippen LogP contribution in [0.2, 0.25) is 0 Å². The van der Waals surface area contributed by atoms with E-state index in [1.165, 1.54) is 45.3 Å². The Hall–Kier alpha value is -0.940. The summed E-state index contributed by atoms with van der Waals surface area (Å²) in [6.07, 6.45) is 10.3. The van der Waals surface area contributed by atoms with Gasteiger partial charge in [0.05, 0.1) is 11.7 Å². The van der Waals surface area contributed by atoms with Gasteiger partial charge in [-0.3, -0.25) is 0 Å². The highest BCUT2D eigenvalue weighted by Gasteiger charge is 2.23. The number of hydrogen-bond acceptors (Lipinski definition) is 4. The zero-order chi connectivity index (χ0) is 15.8. The predicted octanol–water partition coefficient (Wildman–Crippen LogP) is 2.67. The highest BCUT2D eigenvalue weighted by molar-refractivity contribution is 4.94. The molecule has 0 amide bonds. The number of piperidine rings is 1. The molecule has 1 fully saturated rings. The van der Waals surface area contributed by atoms with Crippen LogP contribution in [0.4, 0.5) is 0 Å². The fraction of sp³-hybridized carbons (Fsp3) is 0.882. The Morgan fingerprint density at radius 1 is 1.32 bits per heavy atom. The first-order valence-corrected chi connectivity index (χ1v) is 9.00. The molecule has 1 saturated heterocycles. The molecular formula is C17H32N4O. The summed E-state index contributed by atoms with van der Waals surface area (Å²) in [5, 5.41) is 17.3. The number of aliphatic hydroxyl groups is 1. The van der Waals surface area contributed by atoms with Crippen LogP contribution in [-0.4, -0.2) is 51.2 Å². The van der Waals surface area contributed by atoms with E-state index in [0.29, 0.717) is 12.5 Å². The third kappa shape index (κ3) is 5.06. The average molecular weight is 308 g/mol. The Bertz CT molecular complexity index is 413. The largest absolute Gasteiger partial charge is 0.396 e. The molecule has 126 valence electrons. The summed E-state index contributed by atoms with van der Waals surface area (Å²) in [6, 6.07) is 0.479. The lowest BCUT2D eigenvalue weighted by molar-refractivity contribution is 0.151. The maximum absolute atomic E-state index is 8.96. The molecule has 0 aliphatic carbocycles. The number of rotatable bonds is 9. The number of likely N-dealkylation sites (tertiary alicyclic amines) is 1. The first-order valence-electron chi connectivity index (χ1n) is 9.00. The number of hydrogen-bond donors (Lipinski definition) is 1. The van der Waals surface area contributed by atoms with Crippen molar-refractivity contribution in [2.45, 2.75) is 64.8 Å². The second-order valence-corrected chi connectivity index (χ2v) is 6.61. The van der Waals surface area contributed by atoms with Gasteiger partial charge < -0.3 is 10.0 Å². The van der Waals surface area contributed by atoms with Crippen LogP contribution in [0.15, 0.2) is 6.20 Å². The van der Waals surface area contributed by atoms with E-state index in [1.54, 1.807) is 0 Å². The van der Waals surface area contributed by atoms with E-state index in [2.05, 4.69) is 29.1 Å². The first kappa shape index (κ1) is 17.4. The Kier molecular flexibility index (Phi) is 7.33. The van der Waals surface area contributed by atoms with Gasteiger partial charge in [-0.1, -0.05) is 38.3 Å². The summed E-state index contributed by atoms with van der Waals surface area (Å²) in [5.74, 6) is 0.860. The lowest BCUT2D eigenvalue weighted by Gasteiger charge is -2.34. The summed E-state index contributed by atoms with van der Waals surface area (Å²) in [5.41, 5.74) is 0.899. The molecule has 1 aliphatic heterocycles. The average Bonchev–Trinajstić information content (AvgIpc) is 3.01. The number of nitrogens with zero attached hydrogens (tertiary/aromatic N) is 4. The molecule has 0 bridgehead atoms. The van der Waals surface area contributed by atoms with Crippen LogP contribution < -0.4 is 0 Å². The van der Waals surface area contributed by atoms with Gasteiger partial charge >= 0.3 is 0 Å². The van der Waals surface area contributed by atoms with Crippen molar-refractivity contribution < 1.29 is 5.11 Å². The molecule has 5 nitrogen and oxygen atoms in total. The Balaban J connectivity index is 1.76. The summed E-state index contributed by atoms with van der Waals surface area (Å²) in [4.78, 5) is 2.63. The third-order valence-corrected chi connectivity index (χ3v) is 4.92. The van der Waals surface area contributed by atoms with Crippen LogP contribution in [-0.2, 0) is 6.42 Å². The van der Waals surface area contributed by atoms with Gasteiger partial charge in [-0.05, 0) is 25.2 Å². The van der Waals surface area contributed by atoms with E-state index in [-0.39, 0.29) is 6.61 Å². The molecule has 0 aromatic carbocycles. The number of aliphatic hydroxyl groups excluding tert-OH is 1. The Morgan fingerprint density at radius 3 is 2.73 bits per heavy atom. The smallest absolute Gasteiger partial charge is 0.0850 e. The van der Waals surface area contributed by atoms with Crippen molar-refractivity contribution in [3.63, 3.8) is 0 Å². The minimum atomic E-state index is 0.146. The van der Waals surface area contributed by atoms with Crippen molar-refractivity contribution >= 4 is 0 Å². The molecule has 5 heteroatoms. The minimum Gasteiger partial charge on any atom is -0.396 e. The second kappa shape index (κ2) is 9.26. The van der Waals surface area contributed by atoms with Crippen molar-refractivity contribution in [2.75, 3.05) is 26.2 Å². The van der Waals surface area contributed by atoms with Crippen molar-refractivity contribution in [3.8, 4) is 0 Å². The maximum Gasteiger partial charge on any atom is 0.0850 e. The third-order valence-electron chi connectivity index (χ3n) is 4.92. The molecule has 0 unspecified atom stereocenters. The fourth-order valence-corrected chi connectivity index (χ4v) is 3.37. The van der Waals surface area contributed by atoms with Crippen LogP contribution in [0, 0.1) is 5.92 Å². The summed E-state index contributed by atoms with van der Waals surface area (Å²) < 4.78 is 2.01. The summed E-state index contributed by atoms with van der Waals surface area (Å²) in [7, 11) is 0. The van der Waals surface area contributed by atoms with Crippen molar-refractivity contribution in [1.29, 1.82) is 0 Å². The van der Waals surface area contributed by atoms with E-state index in [0.717, 1.165) is 24.5 Å². The zero-order valence-corrected chi connectivity index (χ0v) is 14.2. The molecule has 1 aliphatic rings. The molecule has 2 heterocycles. The lowest BCUT2D eigenvalue weighted by atomic mass is 9.97. The topological polar surface area (TPSA) is 54.2 Å². The normalized spacial score (nSPS) is 18.7. The monoisotopic (exact) mass is 308 g/mol. The molecule has 0 saturated carbocycles. The summed E-state index contributed by atoms with van der Waals surface area (Å²) in [6.45, 7) is 8.35. The van der Waals surface area contributed by atoms with E-state index < -0.39 is 0 Å². The molecule has 1 atom stereocenters. The molecule has 1 N–H and O–H groups in total. The van der Waals surface area contributed by atoms with Crippen molar-refractivity contribution in [3.05, 3.63) is 11.9 Å². The quantitative estimate of drug-likeness (QED) is 0.762. The van der Waals surface area contributed by atoms with E-state index >= 15 is 0 Å². The number of unbranched alkanes of at least 4 members (excludes halogenated alkanes) is 1. The van der Waals surface area contributed by atoms with Crippen LogP contribution in [0.5, 0.6) is 0 Å². The molecule has 0 spiro atoms. The van der Waals surface area contributed by atoms with Crippen LogP contribution >= 0.6 is 0 Å². The van der Waals surface area contributed by atoms with Crippen LogP contribution in [0.25, 0.3) is 0 Å². The van der Waals surface area contributed by atoms with Gasteiger partial charge in [0.1, 0.15) is 0 Å². The molecule has 0 radical (unpaired) electrons. The fourth-order valence-electron chi connectivity index (χ4n) is 3.37. The SMILES string of the molecule is CCCC[C@@H](CC)CN1CCC(n2cc(CCO)nn2)CC1. The standard InChI is InChI=1S/C17H32N4O/c1-3-5-6-15(4-2)13-20-10-7-17(8-11-20)21-14-16(9-12-22)18-19-21/h14-15,17,22H,3-13H2,1-2H3/t15-/m1/s1. The van der Waals surface area contributed by atoms with Gasteiger partial charge in [-0.15, -0.1) is 5.10 Å². The second-order valence-electron chi connectivity index (χ2n) is 6.61. The van der Waals surface area contributed by atoms with Gasteiger partial charge in [0.25, 0.3) is 0 Å². The van der Waals surface area contributed by atoms with Crippen molar-refractivity contribution in [1.82, 2.24) is 19.9 Å². The maximum atomic E-state index is 8.96. The first-order chi connectivity index (χ1) is 10.8. The minimum absolute atomic E-state index is 0.146. The van der Waals surface area contributed by atoms with Gasteiger partial charge in [0.2, 0.25) is 0 Å². The van der Waals surface area contributed by atoms with Gasteiger partial charge in [-0.25, -0.2) is 4.68 Å². The van der Waals surface area contributed by atoms with Crippen LogP contribution in [0.1, 0.15) is 64.1 Å². The molecule has 1 aromatic rings. The zero-order valence-electron chi connectivity index (χ0n) is 14.2. The van der Waals surface area contributed by atoms with E-state index in [4.69, 9.17) is 5.11 Å². The lowest BCUT2D eigenvalue weighted by Crippen LogP contribution is -2.37. The van der Waals surface area contributed by atoms with Gasteiger partial charge in [0.15, 0.2) is 0 Å². The highest BCUT2D eigenvalue weighted by Crippen LogP contribution is 2.24. The van der Waals surface area contributed by atoms with Gasteiger partial charge in [-0.2, -0.15) is 0 Å². The molecule has 1 aromatic heterocycles. The van der Waals surface area contributed by atoms with E-state index in [1.807, 2.05) is 10.9 Å². The Labute approximate surface area is 134 Å². The van der Waals surface area contributed by atoms with Crippen LogP contribution in [0.3, 0.4) is 0 Å².